The van der Waals surface area contributed by atoms with Crippen molar-refractivity contribution in [3.8, 4) is 0 Å². The Kier molecular flexibility index (Phi) is 4.31. The van der Waals surface area contributed by atoms with E-state index in [0.29, 0.717) is 6.54 Å². The first-order valence-corrected chi connectivity index (χ1v) is 6.98. The Labute approximate surface area is 99.1 Å². The lowest BCUT2D eigenvalue weighted by Crippen LogP contribution is -2.30. The van der Waals surface area contributed by atoms with E-state index in [1.165, 1.54) is 0 Å². The number of nitrogens with one attached hydrogen (secondary N) is 1. The third-order valence-corrected chi connectivity index (χ3v) is 4.33. The average molecular weight is 292 g/mol. The van der Waals surface area contributed by atoms with Crippen LogP contribution in [0.5, 0.6) is 0 Å². The minimum absolute atomic E-state index is 0.341. The molecule has 0 aromatic heterocycles. The van der Waals surface area contributed by atoms with E-state index in [0.717, 1.165) is 10.0 Å². The molecule has 1 aromatic rings. The molecule has 3 nitrogen and oxygen atoms in total. The highest BCUT2D eigenvalue weighted by atomic mass is 79.9. The van der Waals surface area contributed by atoms with Crippen molar-refractivity contribution in [3.63, 3.8) is 0 Å². The Bertz CT molecular complexity index is 412. The first kappa shape index (κ1) is 12.7. The predicted octanol–water partition coefficient (Wildman–Crippen LogP) is 2.28. The Balaban J connectivity index is 2.62. The molecule has 1 aromatic carbocycles. The molecular formula is C10H14BrNO2S. The van der Waals surface area contributed by atoms with Crippen molar-refractivity contribution in [2.75, 3.05) is 0 Å². The highest BCUT2D eigenvalue weighted by molar-refractivity contribution is 9.10. The summed E-state index contributed by atoms with van der Waals surface area (Å²) in [6, 6.07) is 7.54. The van der Waals surface area contributed by atoms with Gasteiger partial charge >= 0.3 is 0 Å². The summed E-state index contributed by atoms with van der Waals surface area (Å²) < 4.78 is 26.4. The van der Waals surface area contributed by atoms with Gasteiger partial charge in [-0.2, -0.15) is 0 Å². The quantitative estimate of drug-likeness (QED) is 0.925. The summed E-state index contributed by atoms with van der Waals surface area (Å²) in [5, 5.41) is -0.395. The van der Waals surface area contributed by atoms with E-state index in [9.17, 15) is 8.42 Å². The number of hydrogen-bond acceptors (Lipinski definition) is 2. The fourth-order valence-corrected chi connectivity index (χ4v) is 1.92. The van der Waals surface area contributed by atoms with Gasteiger partial charge in [0.15, 0.2) is 0 Å². The monoisotopic (exact) mass is 291 g/mol. The van der Waals surface area contributed by atoms with Gasteiger partial charge in [0.05, 0.1) is 5.25 Å². The van der Waals surface area contributed by atoms with Crippen molar-refractivity contribution < 1.29 is 8.42 Å². The molecule has 0 radical (unpaired) electrons. The second-order valence-electron chi connectivity index (χ2n) is 3.54. The van der Waals surface area contributed by atoms with Crippen molar-refractivity contribution in [2.24, 2.45) is 0 Å². The fraction of sp³-hybridized carbons (Fsp3) is 0.400. The molecule has 0 saturated heterocycles. The van der Waals surface area contributed by atoms with Crippen LogP contribution in [0.1, 0.15) is 19.4 Å². The Hall–Kier alpha value is -0.390. The van der Waals surface area contributed by atoms with E-state index >= 15 is 0 Å². The lowest BCUT2D eigenvalue weighted by atomic mass is 10.2. The summed E-state index contributed by atoms with van der Waals surface area (Å²) in [6.45, 7) is 3.65. The molecular weight excluding hydrogens is 278 g/mol. The number of rotatable bonds is 4. The van der Waals surface area contributed by atoms with Crippen LogP contribution < -0.4 is 4.72 Å². The smallest absolute Gasteiger partial charge is 0.212 e. The van der Waals surface area contributed by atoms with Gasteiger partial charge in [-0.15, -0.1) is 0 Å². The highest BCUT2D eigenvalue weighted by Crippen LogP contribution is 2.10. The Morgan fingerprint density at radius 3 is 2.27 bits per heavy atom. The van der Waals surface area contributed by atoms with E-state index in [4.69, 9.17) is 0 Å². The molecule has 0 atom stereocenters. The van der Waals surface area contributed by atoms with E-state index in [-0.39, 0.29) is 0 Å². The van der Waals surface area contributed by atoms with Gasteiger partial charge in [-0.25, -0.2) is 13.1 Å². The molecule has 0 aliphatic heterocycles. The van der Waals surface area contributed by atoms with Gasteiger partial charge in [0.25, 0.3) is 0 Å². The largest absolute Gasteiger partial charge is 0.214 e. The molecule has 0 aliphatic carbocycles. The van der Waals surface area contributed by atoms with Crippen molar-refractivity contribution in [1.29, 1.82) is 0 Å². The zero-order chi connectivity index (χ0) is 11.5. The maximum absolute atomic E-state index is 11.5. The third-order valence-electron chi connectivity index (χ3n) is 2.01. The van der Waals surface area contributed by atoms with Crippen molar-refractivity contribution in [3.05, 3.63) is 34.3 Å². The first-order valence-electron chi connectivity index (χ1n) is 4.65. The average Bonchev–Trinajstić information content (AvgIpc) is 2.17. The second-order valence-corrected chi connectivity index (χ2v) is 6.78. The summed E-state index contributed by atoms with van der Waals surface area (Å²) >= 11 is 3.32. The Morgan fingerprint density at radius 1 is 1.27 bits per heavy atom. The van der Waals surface area contributed by atoms with Gasteiger partial charge in [0.2, 0.25) is 10.0 Å². The van der Waals surface area contributed by atoms with Crippen LogP contribution in [0, 0.1) is 0 Å². The van der Waals surface area contributed by atoms with E-state index in [2.05, 4.69) is 20.7 Å². The van der Waals surface area contributed by atoms with Crippen LogP contribution in [0.15, 0.2) is 28.7 Å². The molecule has 0 fully saturated rings. The van der Waals surface area contributed by atoms with Gasteiger partial charge < -0.3 is 0 Å². The van der Waals surface area contributed by atoms with Crippen molar-refractivity contribution in [1.82, 2.24) is 4.72 Å². The molecule has 0 bridgehead atoms. The third kappa shape index (κ3) is 3.93. The number of halogens is 1. The normalized spacial score (nSPS) is 12.0. The standard InChI is InChI=1S/C10H14BrNO2S/c1-8(2)15(13,14)12-7-9-3-5-10(11)6-4-9/h3-6,8,12H,7H2,1-2H3. The molecule has 84 valence electrons. The predicted molar refractivity (Wildman–Crippen MR) is 65.0 cm³/mol. The lowest BCUT2D eigenvalue weighted by molar-refractivity contribution is 0.572. The van der Waals surface area contributed by atoms with Gasteiger partial charge in [-0.05, 0) is 31.5 Å². The fourth-order valence-electron chi connectivity index (χ4n) is 0.953. The van der Waals surface area contributed by atoms with Crippen LogP contribution >= 0.6 is 15.9 Å². The highest BCUT2D eigenvalue weighted by Gasteiger charge is 2.14. The Morgan fingerprint density at radius 2 is 1.80 bits per heavy atom. The molecule has 5 heteroatoms. The molecule has 0 unspecified atom stereocenters. The van der Waals surface area contributed by atoms with Gasteiger partial charge in [-0.1, -0.05) is 28.1 Å². The molecule has 0 aliphatic rings. The minimum Gasteiger partial charge on any atom is -0.212 e. The molecule has 0 amide bonds. The summed E-state index contributed by atoms with van der Waals surface area (Å²) in [5.41, 5.74) is 0.947. The minimum atomic E-state index is -3.17. The van der Waals surface area contributed by atoms with Crippen LogP contribution in [-0.4, -0.2) is 13.7 Å². The molecule has 1 rings (SSSR count). The first-order chi connectivity index (χ1) is 6.92. The van der Waals surface area contributed by atoms with E-state index in [1.807, 2.05) is 24.3 Å². The summed E-state index contributed by atoms with van der Waals surface area (Å²) in [4.78, 5) is 0. The molecule has 0 heterocycles. The van der Waals surface area contributed by atoms with Crippen molar-refractivity contribution in [2.45, 2.75) is 25.6 Å². The molecule has 0 saturated carbocycles. The van der Waals surface area contributed by atoms with Gasteiger partial charge in [0.1, 0.15) is 0 Å². The molecule has 1 N–H and O–H groups in total. The summed E-state index contributed by atoms with van der Waals surface area (Å²) in [5.74, 6) is 0. The second kappa shape index (κ2) is 5.09. The van der Waals surface area contributed by atoms with Crippen LogP contribution in [0.4, 0.5) is 0 Å². The summed E-state index contributed by atoms with van der Waals surface area (Å²) in [7, 11) is -3.17. The van der Waals surface area contributed by atoms with Crippen LogP contribution in [0.2, 0.25) is 0 Å². The maximum Gasteiger partial charge on any atom is 0.214 e. The van der Waals surface area contributed by atoms with E-state index < -0.39 is 15.3 Å². The topological polar surface area (TPSA) is 46.2 Å². The molecule has 0 spiro atoms. The number of hydrogen-bond donors (Lipinski definition) is 1. The van der Waals surface area contributed by atoms with Gasteiger partial charge in [-0.3, -0.25) is 0 Å². The van der Waals surface area contributed by atoms with E-state index in [1.54, 1.807) is 13.8 Å². The zero-order valence-electron chi connectivity index (χ0n) is 8.70. The zero-order valence-corrected chi connectivity index (χ0v) is 11.1. The van der Waals surface area contributed by atoms with Crippen LogP contribution in [0.25, 0.3) is 0 Å². The summed E-state index contributed by atoms with van der Waals surface area (Å²) in [6.07, 6.45) is 0. The van der Waals surface area contributed by atoms with Crippen LogP contribution in [0.3, 0.4) is 0 Å². The van der Waals surface area contributed by atoms with Crippen LogP contribution in [-0.2, 0) is 16.6 Å². The number of sulfonamides is 1. The SMILES string of the molecule is CC(C)S(=O)(=O)NCc1ccc(Br)cc1. The molecule has 15 heavy (non-hydrogen) atoms. The maximum atomic E-state index is 11.5. The lowest BCUT2D eigenvalue weighted by Gasteiger charge is -2.09. The van der Waals surface area contributed by atoms with Crippen molar-refractivity contribution >= 4 is 26.0 Å². The number of benzene rings is 1. The van der Waals surface area contributed by atoms with Gasteiger partial charge in [0, 0.05) is 11.0 Å².